The second-order valence-electron chi connectivity index (χ2n) is 4.92. The molecule has 1 atom stereocenters. The molecule has 1 aliphatic carbocycles. The number of amides is 2. The number of hydrogen-bond acceptors (Lipinski definition) is 2. The highest BCUT2D eigenvalue weighted by Gasteiger charge is 2.25. The van der Waals surface area contributed by atoms with Crippen LogP contribution >= 0.6 is 0 Å². The molecular weight excluding hydrogens is 240 g/mol. The molecule has 1 aromatic carbocycles. The number of aryl methyl sites for hydroxylation is 1. The van der Waals surface area contributed by atoms with Gasteiger partial charge in [0.1, 0.15) is 0 Å². The Bertz CT molecular complexity index is 471. The van der Waals surface area contributed by atoms with Crippen molar-refractivity contribution >= 4 is 11.8 Å². The van der Waals surface area contributed by atoms with E-state index in [0.29, 0.717) is 13.1 Å². The van der Waals surface area contributed by atoms with Crippen LogP contribution in [-0.2, 0) is 16.0 Å². The second kappa shape index (κ2) is 6.36. The highest BCUT2D eigenvalue weighted by atomic mass is 16.2. The van der Waals surface area contributed by atoms with Crippen molar-refractivity contribution in [3.8, 4) is 0 Å². The number of hydrogen-bond donors (Lipinski definition) is 2. The van der Waals surface area contributed by atoms with Crippen LogP contribution in [0.25, 0.3) is 0 Å². The van der Waals surface area contributed by atoms with Crippen molar-refractivity contribution in [2.75, 3.05) is 13.1 Å². The average Bonchev–Trinajstić information content (AvgIpc) is 2.42. The van der Waals surface area contributed by atoms with Crippen molar-refractivity contribution in [1.82, 2.24) is 10.6 Å². The quantitative estimate of drug-likeness (QED) is 0.803. The summed E-state index contributed by atoms with van der Waals surface area (Å²) in [5.74, 6) is -0.0444. The Morgan fingerprint density at radius 2 is 1.95 bits per heavy atom. The summed E-state index contributed by atoms with van der Waals surface area (Å²) in [7, 11) is 0. The van der Waals surface area contributed by atoms with Gasteiger partial charge in [-0.1, -0.05) is 24.3 Å². The zero-order chi connectivity index (χ0) is 13.7. The molecule has 0 spiro atoms. The molecule has 1 aromatic rings. The van der Waals surface area contributed by atoms with Crippen LogP contribution in [0.4, 0.5) is 0 Å². The zero-order valence-electron chi connectivity index (χ0n) is 11.2. The third kappa shape index (κ3) is 3.56. The highest BCUT2D eigenvalue weighted by molar-refractivity contribution is 5.84. The van der Waals surface area contributed by atoms with Gasteiger partial charge < -0.3 is 10.6 Å². The Balaban J connectivity index is 1.92. The minimum Gasteiger partial charge on any atom is -0.355 e. The van der Waals surface area contributed by atoms with Gasteiger partial charge >= 0.3 is 0 Å². The summed E-state index contributed by atoms with van der Waals surface area (Å²) in [6.45, 7) is 2.44. The maximum absolute atomic E-state index is 12.2. The van der Waals surface area contributed by atoms with Gasteiger partial charge in [0.25, 0.3) is 0 Å². The van der Waals surface area contributed by atoms with E-state index >= 15 is 0 Å². The van der Waals surface area contributed by atoms with Crippen LogP contribution < -0.4 is 10.6 Å². The largest absolute Gasteiger partial charge is 0.355 e. The fourth-order valence-electron chi connectivity index (χ4n) is 2.57. The Kier molecular flexibility index (Phi) is 4.55. The van der Waals surface area contributed by atoms with Gasteiger partial charge in [0, 0.05) is 20.0 Å². The summed E-state index contributed by atoms with van der Waals surface area (Å²) in [5.41, 5.74) is 2.45. The lowest BCUT2D eigenvalue weighted by atomic mass is 9.82. The molecule has 0 bridgehead atoms. The van der Waals surface area contributed by atoms with E-state index < -0.39 is 0 Å². The minimum atomic E-state index is -0.0720. The Labute approximate surface area is 113 Å². The lowest BCUT2D eigenvalue weighted by Crippen LogP contribution is -2.37. The summed E-state index contributed by atoms with van der Waals surface area (Å²) in [5, 5.41) is 5.56. The van der Waals surface area contributed by atoms with Crippen LogP contribution in [0, 0.1) is 0 Å². The minimum absolute atomic E-state index is 0.0396. The van der Waals surface area contributed by atoms with E-state index in [2.05, 4.69) is 16.7 Å². The van der Waals surface area contributed by atoms with E-state index in [-0.39, 0.29) is 17.7 Å². The fourth-order valence-corrected chi connectivity index (χ4v) is 2.57. The molecule has 0 saturated heterocycles. The second-order valence-corrected chi connectivity index (χ2v) is 4.92. The standard InChI is InChI=1S/C15H20N2O2/c1-11(18)16-9-10-17-15(19)14-8-4-6-12-5-2-3-7-13(12)14/h2-3,5,7,14H,4,6,8-10H2,1H3,(H,16,18)(H,17,19). The van der Waals surface area contributed by atoms with Crippen LogP contribution in [0.3, 0.4) is 0 Å². The van der Waals surface area contributed by atoms with Gasteiger partial charge in [-0.2, -0.15) is 0 Å². The number of rotatable bonds is 4. The van der Waals surface area contributed by atoms with Crippen molar-refractivity contribution in [3.63, 3.8) is 0 Å². The highest BCUT2D eigenvalue weighted by Crippen LogP contribution is 2.31. The molecule has 4 heteroatoms. The Morgan fingerprint density at radius 1 is 1.21 bits per heavy atom. The zero-order valence-corrected chi connectivity index (χ0v) is 11.2. The Hall–Kier alpha value is -1.84. The lowest BCUT2D eigenvalue weighted by molar-refractivity contribution is -0.123. The molecule has 102 valence electrons. The SMILES string of the molecule is CC(=O)NCCNC(=O)C1CCCc2ccccc21. The van der Waals surface area contributed by atoms with Crippen LogP contribution in [0.2, 0.25) is 0 Å². The van der Waals surface area contributed by atoms with Gasteiger partial charge in [-0.3, -0.25) is 9.59 Å². The molecule has 1 aliphatic rings. The maximum atomic E-state index is 12.2. The third-order valence-corrected chi connectivity index (χ3v) is 3.48. The van der Waals surface area contributed by atoms with E-state index in [0.717, 1.165) is 24.8 Å². The van der Waals surface area contributed by atoms with Crippen LogP contribution in [-0.4, -0.2) is 24.9 Å². The van der Waals surface area contributed by atoms with E-state index in [4.69, 9.17) is 0 Å². The number of carbonyl (C=O) groups is 2. The third-order valence-electron chi connectivity index (χ3n) is 3.48. The molecule has 0 heterocycles. The summed E-state index contributed by atoms with van der Waals surface area (Å²) < 4.78 is 0. The molecule has 2 rings (SSSR count). The van der Waals surface area contributed by atoms with E-state index in [1.54, 1.807) is 0 Å². The maximum Gasteiger partial charge on any atom is 0.227 e. The number of benzene rings is 1. The van der Waals surface area contributed by atoms with E-state index in [1.165, 1.54) is 12.5 Å². The summed E-state index contributed by atoms with van der Waals surface area (Å²) in [6, 6.07) is 8.16. The first-order valence-electron chi connectivity index (χ1n) is 6.78. The summed E-state index contributed by atoms with van der Waals surface area (Å²) >= 11 is 0. The van der Waals surface area contributed by atoms with Crippen LogP contribution in [0.1, 0.15) is 36.8 Å². The molecule has 0 fully saturated rings. The molecule has 2 N–H and O–H groups in total. The number of fused-ring (bicyclic) bond motifs is 1. The average molecular weight is 260 g/mol. The van der Waals surface area contributed by atoms with Gasteiger partial charge in [-0.25, -0.2) is 0 Å². The first-order chi connectivity index (χ1) is 9.18. The van der Waals surface area contributed by atoms with Crippen molar-refractivity contribution in [2.45, 2.75) is 32.1 Å². The molecule has 0 radical (unpaired) electrons. The number of carbonyl (C=O) groups excluding carboxylic acids is 2. The van der Waals surface area contributed by atoms with Crippen molar-refractivity contribution in [2.24, 2.45) is 0 Å². The van der Waals surface area contributed by atoms with Crippen LogP contribution in [0.15, 0.2) is 24.3 Å². The van der Waals surface area contributed by atoms with Gasteiger partial charge in [-0.05, 0) is 30.4 Å². The van der Waals surface area contributed by atoms with Gasteiger partial charge in [0.15, 0.2) is 0 Å². The molecule has 19 heavy (non-hydrogen) atoms. The van der Waals surface area contributed by atoms with Gasteiger partial charge in [0.2, 0.25) is 11.8 Å². The first kappa shape index (κ1) is 13.6. The monoisotopic (exact) mass is 260 g/mol. The molecule has 4 nitrogen and oxygen atoms in total. The first-order valence-corrected chi connectivity index (χ1v) is 6.78. The summed E-state index contributed by atoms with van der Waals surface area (Å²) in [6.07, 6.45) is 3.02. The molecule has 2 amide bonds. The predicted molar refractivity (Wildman–Crippen MR) is 73.8 cm³/mol. The molecule has 1 unspecified atom stereocenters. The topological polar surface area (TPSA) is 58.2 Å². The fraction of sp³-hybridized carbons (Fsp3) is 0.467. The predicted octanol–water partition coefficient (Wildman–Crippen LogP) is 1.36. The molecular formula is C15H20N2O2. The lowest BCUT2D eigenvalue weighted by Gasteiger charge is -2.24. The number of nitrogens with one attached hydrogen (secondary N) is 2. The van der Waals surface area contributed by atoms with Gasteiger partial charge in [-0.15, -0.1) is 0 Å². The Morgan fingerprint density at radius 3 is 2.74 bits per heavy atom. The smallest absolute Gasteiger partial charge is 0.227 e. The molecule has 0 aliphatic heterocycles. The van der Waals surface area contributed by atoms with E-state index in [9.17, 15) is 9.59 Å². The van der Waals surface area contributed by atoms with Crippen molar-refractivity contribution in [3.05, 3.63) is 35.4 Å². The normalized spacial score (nSPS) is 17.4. The van der Waals surface area contributed by atoms with Crippen molar-refractivity contribution in [1.29, 1.82) is 0 Å². The summed E-state index contributed by atoms with van der Waals surface area (Å²) in [4.78, 5) is 22.9. The molecule has 0 saturated carbocycles. The van der Waals surface area contributed by atoms with Crippen molar-refractivity contribution < 1.29 is 9.59 Å². The van der Waals surface area contributed by atoms with Gasteiger partial charge in [0.05, 0.1) is 5.92 Å². The van der Waals surface area contributed by atoms with E-state index in [1.807, 2.05) is 18.2 Å². The van der Waals surface area contributed by atoms with Crippen LogP contribution in [0.5, 0.6) is 0 Å². The molecule has 0 aromatic heterocycles.